The molecule has 0 aliphatic carbocycles. The first kappa shape index (κ1) is 21.1. The predicted molar refractivity (Wildman–Crippen MR) is 111 cm³/mol. The van der Waals surface area contributed by atoms with Gasteiger partial charge in [-0.3, -0.25) is 4.79 Å². The number of rotatable bonds is 6. The molecule has 2 aromatic rings. The largest absolute Gasteiger partial charge is 0.497 e. The monoisotopic (exact) mass is 418 g/mol. The number of sulfonamides is 1. The quantitative estimate of drug-likeness (QED) is 0.779. The molecule has 3 rings (SSSR count). The lowest BCUT2D eigenvalue weighted by Gasteiger charge is -2.33. The van der Waals surface area contributed by atoms with Crippen molar-refractivity contribution in [3.05, 3.63) is 48.0 Å². The van der Waals surface area contributed by atoms with Crippen LogP contribution in [0.2, 0.25) is 0 Å². The van der Waals surface area contributed by atoms with Crippen molar-refractivity contribution in [3.8, 4) is 11.5 Å². The van der Waals surface area contributed by atoms with Gasteiger partial charge in [0.15, 0.2) is 0 Å². The number of piperidine rings is 1. The molecule has 1 amide bonds. The van der Waals surface area contributed by atoms with Crippen LogP contribution >= 0.6 is 0 Å². The van der Waals surface area contributed by atoms with E-state index in [9.17, 15) is 13.2 Å². The maximum Gasteiger partial charge on any atom is 0.243 e. The van der Waals surface area contributed by atoms with Crippen LogP contribution in [-0.4, -0.2) is 45.4 Å². The number of hydrogen-bond donors (Lipinski definition) is 1. The molecule has 29 heavy (non-hydrogen) atoms. The van der Waals surface area contributed by atoms with Crippen LogP contribution in [0.25, 0.3) is 0 Å². The van der Waals surface area contributed by atoms with Crippen molar-refractivity contribution in [1.29, 1.82) is 0 Å². The van der Waals surface area contributed by atoms with Gasteiger partial charge in [-0.05, 0) is 31.9 Å². The third kappa shape index (κ3) is 4.71. The van der Waals surface area contributed by atoms with E-state index in [0.29, 0.717) is 30.2 Å². The normalized spacial score (nSPS) is 17.6. The van der Waals surface area contributed by atoms with E-state index in [1.54, 1.807) is 42.5 Å². The SMILES string of the molecule is COc1cc(NC(=O)[C@H]2CCCCN2S(=O)(=O)c2ccc(C)cc2)cc(OC)c1. The molecule has 0 aromatic heterocycles. The Morgan fingerprint density at radius 2 is 1.66 bits per heavy atom. The number of nitrogens with zero attached hydrogens (tertiary/aromatic N) is 1. The Morgan fingerprint density at radius 3 is 2.24 bits per heavy atom. The number of amides is 1. The average molecular weight is 419 g/mol. The fourth-order valence-electron chi connectivity index (χ4n) is 3.41. The first-order chi connectivity index (χ1) is 13.8. The molecule has 0 saturated carbocycles. The van der Waals surface area contributed by atoms with Gasteiger partial charge in [-0.15, -0.1) is 0 Å². The van der Waals surface area contributed by atoms with Crippen LogP contribution in [-0.2, 0) is 14.8 Å². The highest BCUT2D eigenvalue weighted by atomic mass is 32.2. The maximum absolute atomic E-state index is 13.2. The van der Waals surface area contributed by atoms with Crippen molar-refractivity contribution >= 4 is 21.6 Å². The Labute approximate surface area is 171 Å². The summed E-state index contributed by atoms with van der Waals surface area (Å²) in [6.45, 7) is 2.21. The van der Waals surface area contributed by atoms with Crippen molar-refractivity contribution in [1.82, 2.24) is 4.31 Å². The Hall–Kier alpha value is -2.58. The summed E-state index contributed by atoms with van der Waals surface area (Å²) >= 11 is 0. The molecule has 2 aromatic carbocycles. The van der Waals surface area contributed by atoms with E-state index in [1.165, 1.54) is 18.5 Å². The van der Waals surface area contributed by atoms with E-state index < -0.39 is 16.1 Å². The third-order valence-electron chi connectivity index (χ3n) is 5.00. The number of methoxy groups -OCH3 is 2. The van der Waals surface area contributed by atoms with Gasteiger partial charge in [0, 0.05) is 30.4 Å². The summed E-state index contributed by atoms with van der Waals surface area (Å²) in [4.78, 5) is 13.2. The fourth-order valence-corrected chi connectivity index (χ4v) is 5.06. The second-order valence-corrected chi connectivity index (χ2v) is 8.92. The van der Waals surface area contributed by atoms with Gasteiger partial charge in [0.1, 0.15) is 17.5 Å². The molecule has 1 N–H and O–H groups in total. The van der Waals surface area contributed by atoms with Crippen molar-refractivity contribution in [2.75, 3.05) is 26.1 Å². The molecule has 0 bridgehead atoms. The zero-order valence-corrected chi connectivity index (χ0v) is 17.7. The highest BCUT2D eigenvalue weighted by Gasteiger charge is 2.37. The van der Waals surface area contributed by atoms with Crippen LogP contribution in [0.3, 0.4) is 0 Å². The number of ether oxygens (including phenoxy) is 2. The van der Waals surface area contributed by atoms with Gasteiger partial charge < -0.3 is 14.8 Å². The lowest BCUT2D eigenvalue weighted by atomic mass is 10.0. The Bertz CT molecular complexity index is 951. The van der Waals surface area contributed by atoms with Crippen molar-refractivity contribution < 1.29 is 22.7 Å². The van der Waals surface area contributed by atoms with E-state index in [-0.39, 0.29) is 10.8 Å². The third-order valence-corrected chi connectivity index (χ3v) is 6.93. The van der Waals surface area contributed by atoms with Crippen molar-refractivity contribution in [2.24, 2.45) is 0 Å². The van der Waals surface area contributed by atoms with E-state index in [2.05, 4.69) is 5.32 Å². The number of benzene rings is 2. The van der Waals surface area contributed by atoms with Gasteiger partial charge in [-0.1, -0.05) is 24.1 Å². The first-order valence-electron chi connectivity index (χ1n) is 9.47. The minimum absolute atomic E-state index is 0.200. The number of hydrogen-bond acceptors (Lipinski definition) is 5. The summed E-state index contributed by atoms with van der Waals surface area (Å²) in [5.74, 6) is 0.704. The average Bonchev–Trinajstić information content (AvgIpc) is 2.73. The molecule has 1 fully saturated rings. The molecule has 1 heterocycles. The molecule has 8 heteroatoms. The van der Waals surface area contributed by atoms with Crippen LogP contribution in [0.5, 0.6) is 11.5 Å². The number of carbonyl (C=O) groups is 1. The topological polar surface area (TPSA) is 84.9 Å². The lowest BCUT2D eigenvalue weighted by Crippen LogP contribution is -2.49. The molecular weight excluding hydrogens is 392 g/mol. The minimum atomic E-state index is -3.77. The van der Waals surface area contributed by atoms with Gasteiger partial charge in [-0.25, -0.2) is 8.42 Å². The van der Waals surface area contributed by atoms with Crippen LogP contribution in [0.15, 0.2) is 47.4 Å². The van der Waals surface area contributed by atoms with Gasteiger partial charge in [0.2, 0.25) is 15.9 Å². The van der Waals surface area contributed by atoms with Crippen LogP contribution < -0.4 is 14.8 Å². The van der Waals surface area contributed by atoms with Crippen molar-refractivity contribution in [2.45, 2.75) is 37.1 Å². The zero-order valence-electron chi connectivity index (χ0n) is 16.8. The lowest BCUT2D eigenvalue weighted by molar-refractivity contribution is -0.120. The van der Waals surface area contributed by atoms with Gasteiger partial charge in [-0.2, -0.15) is 4.31 Å². The van der Waals surface area contributed by atoms with Gasteiger partial charge in [0.05, 0.1) is 19.1 Å². The van der Waals surface area contributed by atoms with E-state index in [1.807, 2.05) is 6.92 Å². The second kappa shape index (κ2) is 8.84. The number of carbonyl (C=O) groups excluding carboxylic acids is 1. The molecule has 1 aliphatic heterocycles. The number of anilines is 1. The molecule has 1 atom stereocenters. The summed E-state index contributed by atoms with van der Waals surface area (Å²) in [6.07, 6.45) is 1.99. The van der Waals surface area contributed by atoms with E-state index >= 15 is 0 Å². The molecule has 0 spiro atoms. The first-order valence-corrected chi connectivity index (χ1v) is 10.9. The summed E-state index contributed by atoms with van der Waals surface area (Å²) < 4.78 is 38.1. The number of nitrogens with one attached hydrogen (secondary N) is 1. The second-order valence-electron chi connectivity index (χ2n) is 7.03. The zero-order chi connectivity index (χ0) is 21.0. The molecule has 0 radical (unpaired) electrons. The summed E-state index contributed by atoms with van der Waals surface area (Å²) in [5, 5.41) is 2.82. The smallest absolute Gasteiger partial charge is 0.243 e. The fraction of sp³-hybridized carbons (Fsp3) is 0.381. The summed E-state index contributed by atoms with van der Waals surface area (Å²) in [6, 6.07) is 11.0. The molecular formula is C21H26N2O5S. The molecule has 156 valence electrons. The predicted octanol–water partition coefficient (Wildman–Crippen LogP) is 3.19. The summed E-state index contributed by atoms with van der Waals surface area (Å²) in [7, 11) is -0.717. The minimum Gasteiger partial charge on any atom is -0.497 e. The molecule has 7 nitrogen and oxygen atoms in total. The van der Waals surface area contributed by atoms with E-state index in [0.717, 1.165) is 18.4 Å². The van der Waals surface area contributed by atoms with Gasteiger partial charge >= 0.3 is 0 Å². The summed E-state index contributed by atoms with van der Waals surface area (Å²) in [5.41, 5.74) is 1.47. The maximum atomic E-state index is 13.2. The highest BCUT2D eigenvalue weighted by Crippen LogP contribution is 2.29. The molecule has 0 unspecified atom stereocenters. The Morgan fingerprint density at radius 1 is 1.03 bits per heavy atom. The number of aryl methyl sites for hydroxylation is 1. The highest BCUT2D eigenvalue weighted by molar-refractivity contribution is 7.89. The van der Waals surface area contributed by atoms with Crippen LogP contribution in [0.4, 0.5) is 5.69 Å². The Kier molecular flexibility index (Phi) is 6.44. The molecule has 1 aliphatic rings. The van der Waals surface area contributed by atoms with Crippen LogP contribution in [0, 0.1) is 6.92 Å². The van der Waals surface area contributed by atoms with Crippen LogP contribution in [0.1, 0.15) is 24.8 Å². The van der Waals surface area contributed by atoms with Crippen molar-refractivity contribution in [3.63, 3.8) is 0 Å². The standard InChI is InChI=1S/C21H26N2O5S/c1-15-7-9-19(10-8-15)29(25,26)23-11-5-4-6-20(23)21(24)22-16-12-17(27-2)14-18(13-16)28-3/h7-10,12-14,20H,4-6,11H2,1-3H3,(H,22,24)/t20-/m1/s1. The van der Waals surface area contributed by atoms with Gasteiger partial charge in [0.25, 0.3) is 0 Å². The molecule has 1 saturated heterocycles. The van der Waals surface area contributed by atoms with E-state index in [4.69, 9.17) is 9.47 Å². The Balaban J connectivity index is 1.86.